The maximum absolute atomic E-state index is 12.1. The summed E-state index contributed by atoms with van der Waals surface area (Å²) in [4.78, 5) is 0. The summed E-state index contributed by atoms with van der Waals surface area (Å²) in [5.41, 5.74) is 0. The van der Waals surface area contributed by atoms with Crippen molar-refractivity contribution in [2.24, 2.45) is 0 Å². The number of nitrogens with one attached hydrogen (secondary N) is 1. The zero-order valence-electron chi connectivity index (χ0n) is 11.3. The monoisotopic (exact) mass is 262 g/mol. The largest absolute Gasteiger partial charge is 0.314 e. The second kappa shape index (κ2) is 6.71. The van der Waals surface area contributed by atoms with Crippen LogP contribution in [-0.2, 0) is 10.0 Å². The summed E-state index contributed by atoms with van der Waals surface area (Å²) in [6.07, 6.45) is 3.68. The SMILES string of the molecule is CCC1CCCN1S(=O)(=O)CCCNC(C)C. The van der Waals surface area contributed by atoms with Crippen molar-refractivity contribution in [3.8, 4) is 0 Å². The van der Waals surface area contributed by atoms with E-state index in [1.165, 1.54) is 0 Å². The smallest absolute Gasteiger partial charge is 0.214 e. The van der Waals surface area contributed by atoms with Gasteiger partial charge in [0.25, 0.3) is 0 Å². The molecular weight excluding hydrogens is 236 g/mol. The van der Waals surface area contributed by atoms with Crippen LogP contribution in [0.2, 0.25) is 0 Å². The van der Waals surface area contributed by atoms with Crippen molar-refractivity contribution in [2.45, 2.75) is 58.5 Å². The second-order valence-electron chi connectivity index (χ2n) is 5.09. The predicted molar refractivity (Wildman–Crippen MR) is 71.6 cm³/mol. The highest BCUT2D eigenvalue weighted by atomic mass is 32.2. The molecule has 102 valence electrons. The zero-order chi connectivity index (χ0) is 12.9. The van der Waals surface area contributed by atoms with E-state index < -0.39 is 10.0 Å². The van der Waals surface area contributed by atoms with E-state index in [0.29, 0.717) is 12.5 Å². The van der Waals surface area contributed by atoms with Crippen LogP contribution in [0.1, 0.15) is 46.5 Å². The van der Waals surface area contributed by atoms with E-state index in [4.69, 9.17) is 0 Å². The van der Waals surface area contributed by atoms with E-state index >= 15 is 0 Å². The fourth-order valence-electron chi connectivity index (χ4n) is 2.35. The van der Waals surface area contributed by atoms with E-state index in [0.717, 1.165) is 32.4 Å². The van der Waals surface area contributed by atoms with Gasteiger partial charge in [-0.15, -0.1) is 0 Å². The van der Waals surface area contributed by atoms with Crippen LogP contribution in [0, 0.1) is 0 Å². The molecule has 0 aliphatic carbocycles. The molecule has 0 radical (unpaired) electrons. The summed E-state index contributed by atoms with van der Waals surface area (Å²) in [6.45, 7) is 7.71. The van der Waals surface area contributed by atoms with Gasteiger partial charge < -0.3 is 5.32 Å². The molecule has 1 N–H and O–H groups in total. The van der Waals surface area contributed by atoms with E-state index in [1.54, 1.807) is 4.31 Å². The Labute approximate surface area is 106 Å². The molecular formula is C12H26N2O2S. The highest BCUT2D eigenvalue weighted by Crippen LogP contribution is 2.23. The third kappa shape index (κ3) is 4.56. The van der Waals surface area contributed by atoms with Crippen LogP contribution < -0.4 is 5.32 Å². The lowest BCUT2D eigenvalue weighted by Crippen LogP contribution is -2.37. The quantitative estimate of drug-likeness (QED) is 0.709. The molecule has 1 atom stereocenters. The Hall–Kier alpha value is -0.130. The van der Waals surface area contributed by atoms with Gasteiger partial charge in [-0.1, -0.05) is 20.8 Å². The van der Waals surface area contributed by atoms with Gasteiger partial charge in [0.15, 0.2) is 0 Å². The van der Waals surface area contributed by atoms with Crippen LogP contribution in [0.25, 0.3) is 0 Å². The Kier molecular flexibility index (Phi) is 5.89. The molecule has 0 spiro atoms. The van der Waals surface area contributed by atoms with Crippen LogP contribution in [0.5, 0.6) is 0 Å². The van der Waals surface area contributed by atoms with Gasteiger partial charge >= 0.3 is 0 Å². The first-order chi connectivity index (χ1) is 7.97. The molecule has 4 nitrogen and oxygen atoms in total. The first-order valence-electron chi connectivity index (χ1n) is 6.70. The molecule has 1 saturated heterocycles. The number of rotatable bonds is 7. The average Bonchev–Trinajstić information content (AvgIpc) is 2.73. The van der Waals surface area contributed by atoms with Gasteiger partial charge in [-0.2, -0.15) is 4.31 Å². The lowest BCUT2D eigenvalue weighted by Gasteiger charge is -2.23. The van der Waals surface area contributed by atoms with Crippen molar-refractivity contribution in [1.29, 1.82) is 0 Å². The Morgan fingerprint density at radius 1 is 1.41 bits per heavy atom. The Bertz CT molecular complexity index is 314. The highest BCUT2D eigenvalue weighted by molar-refractivity contribution is 7.89. The summed E-state index contributed by atoms with van der Waals surface area (Å²) >= 11 is 0. The topological polar surface area (TPSA) is 49.4 Å². The molecule has 1 aliphatic rings. The van der Waals surface area contributed by atoms with Crippen molar-refractivity contribution < 1.29 is 8.42 Å². The van der Waals surface area contributed by atoms with E-state index in [9.17, 15) is 8.42 Å². The minimum Gasteiger partial charge on any atom is -0.314 e. The summed E-state index contributed by atoms with van der Waals surface area (Å²) in [6, 6.07) is 0.672. The van der Waals surface area contributed by atoms with Crippen molar-refractivity contribution in [3.05, 3.63) is 0 Å². The van der Waals surface area contributed by atoms with Crippen LogP contribution in [0.15, 0.2) is 0 Å². The molecule has 5 heteroatoms. The maximum atomic E-state index is 12.1. The minimum atomic E-state index is -3.03. The molecule has 1 rings (SSSR count). The van der Waals surface area contributed by atoms with Crippen LogP contribution in [-0.4, -0.2) is 43.6 Å². The molecule has 0 aromatic rings. The standard InChI is InChI=1S/C12H26N2O2S/c1-4-12-7-5-9-14(12)17(15,16)10-6-8-13-11(2)3/h11-13H,4-10H2,1-3H3. The molecule has 17 heavy (non-hydrogen) atoms. The first kappa shape index (κ1) is 14.9. The van der Waals surface area contributed by atoms with E-state index in [2.05, 4.69) is 26.1 Å². The molecule has 0 aromatic carbocycles. The summed E-state index contributed by atoms with van der Waals surface area (Å²) < 4.78 is 26.0. The van der Waals surface area contributed by atoms with Crippen LogP contribution in [0.3, 0.4) is 0 Å². The van der Waals surface area contributed by atoms with Crippen molar-refractivity contribution in [1.82, 2.24) is 9.62 Å². The average molecular weight is 262 g/mol. The van der Waals surface area contributed by atoms with Gasteiger partial charge in [0.1, 0.15) is 0 Å². The van der Waals surface area contributed by atoms with Gasteiger partial charge in [-0.25, -0.2) is 8.42 Å². The second-order valence-corrected chi connectivity index (χ2v) is 7.13. The van der Waals surface area contributed by atoms with Gasteiger partial charge in [0, 0.05) is 18.6 Å². The Balaban J connectivity index is 2.40. The highest BCUT2D eigenvalue weighted by Gasteiger charge is 2.32. The third-order valence-corrected chi connectivity index (χ3v) is 5.28. The van der Waals surface area contributed by atoms with Crippen molar-refractivity contribution >= 4 is 10.0 Å². The maximum Gasteiger partial charge on any atom is 0.214 e. The fourth-order valence-corrected chi connectivity index (χ4v) is 4.21. The lowest BCUT2D eigenvalue weighted by atomic mass is 10.2. The minimum absolute atomic E-state index is 0.248. The number of hydrogen-bond donors (Lipinski definition) is 1. The third-order valence-electron chi connectivity index (χ3n) is 3.28. The van der Waals surface area contributed by atoms with Gasteiger partial charge in [0.2, 0.25) is 10.0 Å². The molecule has 0 aromatic heterocycles. The van der Waals surface area contributed by atoms with Gasteiger partial charge in [0.05, 0.1) is 5.75 Å². The summed E-state index contributed by atoms with van der Waals surface area (Å²) in [5.74, 6) is 0.281. The van der Waals surface area contributed by atoms with Crippen molar-refractivity contribution in [2.75, 3.05) is 18.8 Å². The molecule has 0 bridgehead atoms. The zero-order valence-corrected chi connectivity index (χ0v) is 12.1. The van der Waals surface area contributed by atoms with E-state index in [1.807, 2.05) is 0 Å². The Morgan fingerprint density at radius 2 is 2.12 bits per heavy atom. The molecule has 1 fully saturated rings. The summed E-state index contributed by atoms with van der Waals surface area (Å²) in [7, 11) is -3.03. The van der Waals surface area contributed by atoms with E-state index in [-0.39, 0.29) is 11.8 Å². The van der Waals surface area contributed by atoms with Gasteiger partial charge in [-0.05, 0) is 32.2 Å². The molecule has 0 saturated carbocycles. The predicted octanol–water partition coefficient (Wildman–Crippen LogP) is 1.58. The van der Waals surface area contributed by atoms with Gasteiger partial charge in [-0.3, -0.25) is 0 Å². The van der Waals surface area contributed by atoms with Crippen molar-refractivity contribution in [3.63, 3.8) is 0 Å². The first-order valence-corrected chi connectivity index (χ1v) is 8.31. The summed E-state index contributed by atoms with van der Waals surface area (Å²) in [5, 5.41) is 3.25. The molecule has 1 unspecified atom stereocenters. The Morgan fingerprint density at radius 3 is 2.71 bits per heavy atom. The number of sulfonamides is 1. The number of hydrogen-bond acceptors (Lipinski definition) is 3. The molecule has 1 aliphatic heterocycles. The number of nitrogens with zero attached hydrogens (tertiary/aromatic N) is 1. The van der Waals surface area contributed by atoms with Crippen LogP contribution >= 0.6 is 0 Å². The molecule has 0 amide bonds. The fraction of sp³-hybridized carbons (Fsp3) is 1.00. The van der Waals surface area contributed by atoms with Crippen LogP contribution in [0.4, 0.5) is 0 Å². The molecule has 1 heterocycles. The normalized spacial score (nSPS) is 22.5. The lowest BCUT2D eigenvalue weighted by molar-refractivity contribution is 0.378.